The van der Waals surface area contributed by atoms with Crippen LogP contribution in [0, 0.1) is 13.8 Å². The number of hydrogen-bond acceptors (Lipinski definition) is 4. The van der Waals surface area contributed by atoms with Crippen LogP contribution < -0.4 is 9.62 Å². The zero-order chi connectivity index (χ0) is 31.8. The molecule has 0 bridgehead atoms. The normalized spacial score (nSPS) is 14.1. The van der Waals surface area contributed by atoms with E-state index in [1.807, 2.05) is 80.6 Å². The lowest BCUT2D eigenvalue weighted by Crippen LogP contribution is -2.54. The molecule has 1 N–H and O–H groups in total. The van der Waals surface area contributed by atoms with Crippen molar-refractivity contribution in [3.05, 3.63) is 131 Å². The van der Waals surface area contributed by atoms with Gasteiger partial charge in [-0.25, -0.2) is 8.42 Å². The largest absolute Gasteiger partial charge is 0.352 e. The quantitative estimate of drug-likeness (QED) is 0.204. The summed E-state index contributed by atoms with van der Waals surface area (Å²) in [5, 5.41) is 3.21. The van der Waals surface area contributed by atoms with Crippen molar-refractivity contribution in [1.29, 1.82) is 0 Å². The Morgan fingerprint density at radius 3 is 2.02 bits per heavy atom. The molecular formula is C37H41N3O4S. The first-order valence-corrected chi connectivity index (χ1v) is 17.0. The lowest BCUT2D eigenvalue weighted by molar-refractivity contribution is -0.140. The number of carbonyl (C=O) groups is 2. The number of aryl methyl sites for hydroxylation is 2. The van der Waals surface area contributed by atoms with Gasteiger partial charge in [-0.3, -0.25) is 13.9 Å². The van der Waals surface area contributed by atoms with Crippen molar-refractivity contribution in [1.82, 2.24) is 10.2 Å². The van der Waals surface area contributed by atoms with Crippen LogP contribution in [-0.2, 0) is 32.6 Å². The van der Waals surface area contributed by atoms with E-state index in [0.29, 0.717) is 12.1 Å². The van der Waals surface area contributed by atoms with Crippen molar-refractivity contribution in [2.24, 2.45) is 0 Å². The Hall–Kier alpha value is -4.43. The van der Waals surface area contributed by atoms with Crippen LogP contribution in [0.4, 0.5) is 5.69 Å². The number of nitrogens with one attached hydrogen (secondary N) is 1. The third kappa shape index (κ3) is 8.19. The van der Waals surface area contributed by atoms with Crippen molar-refractivity contribution in [3.63, 3.8) is 0 Å². The van der Waals surface area contributed by atoms with Gasteiger partial charge in [-0.1, -0.05) is 103 Å². The van der Waals surface area contributed by atoms with Crippen LogP contribution in [0.1, 0.15) is 47.9 Å². The smallest absolute Gasteiger partial charge is 0.264 e. The molecule has 2 amide bonds. The average Bonchev–Trinajstić information content (AvgIpc) is 3.55. The molecule has 7 nitrogen and oxygen atoms in total. The van der Waals surface area contributed by atoms with E-state index in [1.165, 1.54) is 4.31 Å². The maximum absolute atomic E-state index is 14.6. The molecule has 1 aliphatic carbocycles. The molecule has 0 aliphatic heterocycles. The van der Waals surface area contributed by atoms with E-state index in [1.54, 1.807) is 47.4 Å². The fraction of sp³-hybridized carbons (Fsp3) is 0.297. The van der Waals surface area contributed by atoms with Crippen molar-refractivity contribution in [3.8, 4) is 0 Å². The third-order valence-electron chi connectivity index (χ3n) is 8.35. The van der Waals surface area contributed by atoms with Crippen LogP contribution >= 0.6 is 0 Å². The summed E-state index contributed by atoms with van der Waals surface area (Å²) in [4.78, 5) is 30.3. The summed E-state index contributed by atoms with van der Waals surface area (Å²) in [5.41, 5.74) is 3.94. The van der Waals surface area contributed by atoms with Gasteiger partial charge in [0.1, 0.15) is 12.6 Å². The Morgan fingerprint density at radius 1 is 0.778 bits per heavy atom. The first kappa shape index (κ1) is 32.0. The first-order valence-electron chi connectivity index (χ1n) is 15.5. The van der Waals surface area contributed by atoms with E-state index < -0.39 is 28.5 Å². The van der Waals surface area contributed by atoms with Gasteiger partial charge in [-0.15, -0.1) is 0 Å². The maximum atomic E-state index is 14.6. The van der Waals surface area contributed by atoms with Gasteiger partial charge in [0.15, 0.2) is 0 Å². The molecule has 8 heteroatoms. The Balaban J connectivity index is 1.55. The minimum absolute atomic E-state index is 0.0650. The number of benzene rings is 4. The van der Waals surface area contributed by atoms with Crippen molar-refractivity contribution in [2.45, 2.75) is 69.5 Å². The topological polar surface area (TPSA) is 86.8 Å². The van der Waals surface area contributed by atoms with Crippen LogP contribution in [0.15, 0.2) is 114 Å². The second-order valence-electron chi connectivity index (χ2n) is 11.9. The molecule has 0 heterocycles. The zero-order valence-corrected chi connectivity index (χ0v) is 26.7. The molecule has 5 rings (SSSR count). The molecule has 1 fully saturated rings. The fourth-order valence-electron chi connectivity index (χ4n) is 5.85. The van der Waals surface area contributed by atoms with Crippen LogP contribution in [0.2, 0.25) is 0 Å². The molecule has 1 atom stereocenters. The monoisotopic (exact) mass is 623 g/mol. The number of sulfonamides is 1. The lowest BCUT2D eigenvalue weighted by atomic mass is 10.0. The summed E-state index contributed by atoms with van der Waals surface area (Å²) in [6.45, 7) is 3.46. The molecule has 0 saturated heterocycles. The number of amides is 2. The van der Waals surface area contributed by atoms with Gasteiger partial charge in [-0.05, 0) is 67.6 Å². The highest BCUT2D eigenvalue weighted by Crippen LogP contribution is 2.26. The summed E-state index contributed by atoms with van der Waals surface area (Å²) in [6.07, 6.45) is 4.23. The van der Waals surface area contributed by atoms with Gasteiger partial charge >= 0.3 is 0 Å². The van der Waals surface area contributed by atoms with E-state index >= 15 is 0 Å². The molecule has 234 valence electrons. The van der Waals surface area contributed by atoms with E-state index in [-0.39, 0.29) is 23.4 Å². The third-order valence-corrected chi connectivity index (χ3v) is 10.1. The lowest BCUT2D eigenvalue weighted by Gasteiger charge is -2.34. The molecule has 45 heavy (non-hydrogen) atoms. The summed E-state index contributed by atoms with van der Waals surface area (Å²) >= 11 is 0. The number of carbonyl (C=O) groups excluding carboxylic acids is 2. The minimum atomic E-state index is -4.13. The van der Waals surface area contributed by atoms with E-state index in [0.717, 1.165) is 47.9 Å². The molecular weight excluding hydrogens is 582 g/mol. The van der Waals surface area contributed by atoms with Crippen LogP contribution in [-0.4, -0.2) is 43.8 Å². The van der Waals surface area contributed by atoms with Crippen molar-refractivity contribution in [2.75, 3.05) is 10.8 Å². The summed E-state index contributed by atoms with van der Waals surface area (Å²) in [5.74, 6) is -0.683. The molecule has 4 aromatic carbocycles. The predicted octanol–water partition coefficient (Wildman–Crippen LogP) is 6.20. The summed E-state index contributed by atoms with van der Waals surface area (Å²) in [6, 6.07) is 32.1. The highest BCUT2D eigenvalue weighted by molar-refractivity contribution is 7.92. The number of anilines is 1. The Kier molecular flexibility index (Phi) is 10.4. The van der Waals surface area contributed by atoms with Crippen molar-refractivity contribution < 1.29 is 18.0 Å². The molecule has 0 aromatic heterocycles. The van der Waals surface area contributed by atoms with Gasteiger partial charge in [0.25, 0.3) is 10.0 Å². The maximum Gasteiger partial charge on any atom is 0.264 e. The number of rotatable bonds is 12. The zero-order valence-electron chi connectivity index (χ0n) is 25.9. The molecule has 1 saturated carbocycles. The summed E-state index contributed by atoms with van der Waals surface area (Å²) < 4.78 is 29.5. The Morgan fingerprint density at radius 2 is 1.40 bits per heavy atom. The highest BCUT2D eigenvalue weighted by Gasteiger charge is 2.35. The predicted molar refractivity (Wildman–Crippen MR) is 178 cm³/mol. The first-order chi connectivity index (χ1) is 21.7. The number of nitrogens with zero attached hydrogens (tertiary/aromatic N) is 2. The standard InChI is InChI=1S/C37H41N3O4S/c1-28-20-22-34(23-21-28)45(43,44)40(33-19-11-12-29(2)24-33)27-36(41)39(26-31-15-7-4-8-16-31)35(25-30-13-5-3-6-14-30)37(42)38-32-17-9-10-18-32/h3-8,11-16,19-24,32,35H,9-10,17-18,25-27H2,1-2H3,(H,38,42). The van der Waals surface area contributed by atoms with Gasteiger partial charge < -0.3 is 10.2 Å². The second-order valence-corrected chi connectivity index (χ2v) is 13.7. The Labute approximate surface area is 266 Å². The van der Waals surface area contributed by atoms with Gasteiger partial charge in [0.2, 0.25) is 11.8 Å². The van der Waals surface area contributed by atoms with Crippen LogP contribution in [0.25, 0.3) is 0 Å². The van der Waals surface area contributed by atoms with Gasteiger partial charge in [0, 0.05) is 19.0 Å². The molecule has 4 aromatic rings. The average molecular weight is 624 g/mol. The van der Waals surface area contributed by atoms with Crippen molar-refractivity contribution >= 4 is 27.5 Å². The van der Waals surface area contributed by atoms with Crippen LogP contribution in [0.5, 0.6) is 0 Å². The molecule has 0 radical (unpaired) electrons. The Bertz CT molecular complexity index is 1690. The van der Waals surface area contributed by atoms with Gasteiger partial charge in [0.05, 0.1) is 10.6 Å². The summed E-state index contributed by atoms with van der Waals surface area (Å²) in [7, 11) is -4.13. The molecule has 1 unspecified atom stereocenters. The van der Waals surface area contributed by atoms with Gasteiger partial charge in [-0.2, -0.15) is 0 Å². The van der Waals surface area contributed by atoms with E-state index in [4.69, 9.17) is 0 Å². The van der Waals surface area contributed by atoms with Crippen LogP contribution in [0.3, 0.4) is 0 Å². The number of hydrogen-bond donors (Lipinski definition) is 1. The molecule has 1 aliphatic rings. The van der Waals surface area contributed by atoms with E-state index in [2.05, 4.69) is 5.32 Å². The molecule has 0 spiro atoms. The second kappa shape index (κ2) is 14.6. The fourth-order valence-corrected chi connectivity index (χ4v) is 7.26. The highest BCUT2D eigenvalue weighted by atomic mass is 32.2. The minimum Gasteiger partial charge on any atom is -0.352 e. The SMILES string of the molecule is Cc1ccc(S(=O)(=O)N(CC(=O)N(Cc2ccccc2)C(Cc2ccccc2)C(=O)NC2CCCC2)c2cccc(C)c2)cc1. The van der Waals surface area contributed by atoms with E-state index in [9.17, 15) is 18.0 Å².